The molecule has 1 amide bonds. The van der Waals surface area contributed by atoms with Gasteiger partial charge >= 0.3 is 0 Å². The Balaban J connectivity index is 3.93. The van der Waals surface area contributed by atoms with Crippen molar-refractivity contribution in [1.82, 2.24) is 4.90 Å². The third-order valence-corrected chi connectivity index (χ3v) is 1.49. The lowest BCUT2D eigenvalue weighted by atomic mass is 10.3. The van der Waals surface area contributed by atoms with Crippen molar-refractivity contribution in [3.8, 4) is 11.8 Å². The van der Waals surface area contributed by atoms with Crippen molar-refractivity contribution in [2.45, 2.75) is 20.3 Å². The molecule has 0 aliphatic carbocycles. The van der Waals surface area contributed by atoms with Gasteiger partial charge in [0.25, 0.3) is 5.91 Å². The van der Waals surface area contributed by atoms with E-state index in [4.69, 9.17) is 5.11 Å². The molecule has 0 aliphatic heterocycles. The fraction of sp³-hybridized carbons (Fsp3) is 0.667. The second-order valence-electron chi connectivity index (χ2n) is 2.34. The van der Waals surface area contributed by atoms with E-state index < -0.39 is 0 Å². The van der Waals surface area contributed by atoms with E-state index >= 15 is 0 Å². The van der Waals surface area contributed by atoms with Gasteiger partial charge in [0.1, 0.15) is 0 Å². The zero-order valence-electron chi connectivity index (χ0n) is 7.63. The maximum atomic E-state index is 11.2. The summed E-state index contributed by atoms with van der Waals surface area (Å²) in [6.07, 6.45) is 0.616. The number of hydrogen-bond donors (Lipinski definition) is 1. The average Bonchev–Trinajstić information content (AvgIpc) is 2.06. The van der Waals surface area contributed by atoms with Crippen LogP contribution in [-0.2, 0) is 4.79 Å². The molecule has 0 saturated heterocycles. The maximum Gasteiger partial charge on any atom is 0.298 e. The first-order valence-electron chi connectivity index (χ1n) is 4.08. The van der Waals surface area contributed by atoms with Gasteiger partial charge in [-0.2, -0.15) is 0 Å². The number of nitrogens with zero attached hydrogens (tertiary/aromatic N) is 1. The van der Waals surface area contributed by atoms with Crippen molar-refractivity contribution in [2.75, 3.05) is 19.7 Å². The highest BCUT2D eigenvalue weighted by atomic mass is 16.3. The van der Waals surface area contributed by atoms with Crippen LogP contribution in [0.3, 0.4) is 0 Å². The Kier molecular flexibility index (Phi) is 6.12. The molecule has 3 heteroatoms. The summed E-state index contributed by atoms with van der Waals surface area (Å²) < 4.78 is 0. The predicted octanol–water partition coefficient (Wildman–Crippen LogP) is 0.241. The van der Waals surface area contributed by atoms with Gasteiger partial charge in [-0.05, 0) is 26.2 Å². The predicted molar refractivity (Wildman–Crippen MR) is 47.4 cm³/mol. The molecule has 1 N–H and O–H groups in total. The smallest absolute Gasteiger partial charge is 0.298 e. The molecule has 68 valence electrons. The third kappa shape index (κ3) is 3.99. The summed E-state index contributed by atoms with van der Waals surface area (Å²) in [6.45, 7) is 4.88. The van der Waals surface area contributed by atoms with Crippen LogP contribution < -0.4 is 0 Å². The second-order valence-corrected chi connectivity index (χ2v) is 2.34. The van der Waals surface area contributed by atoms with Gasteiger partial charge in [0.15, 0.2) is 0 Å². The number of carbonyl (C=O) groups is 1. The van der Waals surface area contributed by atoms with Gasteiger partial charge in [0.05, 0.1) is 0 Å². The molecule has 0 aromatic heterocycles. The van der Waals surface area contributed by atoms with Crippen molar-refractivity contribution < 1.29 is 9.90 Å². The Hall–Kier alpha value is -1.01. The molecular formula is C9H15NO2. The Labute approximate surface area is 73.4 Å². The van der Waals surface area contributed by atoms with Gasteiger partial charge in [-0.1, -0.05) is 5.92 Å². The summed E-state index contributed by atoms with van der Waals surface area (Å²) in [6, 6.07) is 0. The van der Waals surface area contributed by atoms with E-state index in [1.165, 1.54) is 0 Å². The molecule has 0 saturated carbocycles. The van der Waals surface area contributed by atoms with E-state index in [2.05, 4.69) is 11.8 Å². The Morgan fingerprint density at radius 2 is 2.25 bits per heavy atom. The minimum Gasteiger partial charge on any atom is -0.396 e. The SMILES string of the molecule is CC#CC(=O)N(CC)CCCO. The first kappa shape index (κ1) is 11.0. The van der Waals surface area contributed by atoms with Crippen LogP contribution in [0.2, 0.25) is 0 Å². The van der Waals surface area contributed by atoms with Crippen LogP contribution in [0.15, 0.2) is 0 Å². The second kappa shape index (κ2) is 6.68. The number of aliphatic hydroxyl groups excluding tert-OH is 1. The molecular weight excluding hydrogens is 154 g/mol. The van der Waals surface area contributed by atoms with Gasteiger partial charge < -0.3 is 10.0 Å². The van der Waals surface area contributed by atoms with Crippen LogP contribution in [0.25, 0.3) is 0 Å². The number of aliphatic hydroxyl groups is 1. The summed E-state index contributed by atoms with van der Waals surface area (Å²) in [5.74, 6) is 4.86. The molecule has 0 aromatic rings. The lowest BCUT2D eigenvalue weighted by Gasteiger charge is -2.16. The third-order valence-electron chi connectivity index (χ3n) is 1.49. The van der Waals surface area contributed by atoms with E-state index in [1.54, 1.807) is 11.8 Å². The number of amides is 1. The highest BCUT2D eigenvalue weighted by Crippen LogP contribution is 1.91. The van der Waals surface area contributed by atoms with Crippen molar-refractivity contribution in [3.63, 3.8) is 0 Å². The van der Waals surface area contributed by atoms with Crippen LogP contribution in [0.4, 0.5) is 0 Å². The quantitative estimate of drug-likeness (QED) is 0.612. The molecule has 3 nitrogen and oxygen atoms in total. The Morgan fingerprint density at radius 3 is 2.67 bits per heavy atom. The number of hydrogen-bond acceptors (Lipinski definition) is 2. The Bertz CT molecular complexity index is 190. The molecule has 0 unspecified atom stereocenters. The zero-order valence-corrected chi connectivity index (χ0v) is 7.63. The highest BCUT2D eigenvalue weighted by molar-refractivity contribution is 5.93. The summed E-state index contributed by atoms with van der Waals surface area (Å²) in [4.78, 5) is 12.8. The molecule has 0 bridgehead atoms. The van der Waals surface area contributed by atoms with Crippen molar-refractivity contribution in [1.29, 1.82) is 0 Å². The summed E-state index contributed by atoms with van der Waals surface area (Å²) >= 11 is 0. The fourth-order valence-electron chi connectivity index (χ4n) is 0.851. The van der Waals surface area contributed by atoms with Crippen molar-refractivity contribution in [2.24, 2.45) is 0 Å². The molecule has 0 aliphatic rings. The monoisotopic (exact) mass is 169 g/mol. The van der Waals surface area contributed by atoms with Gasteiger partial charge in [0.2, 0.25) is 0 Å². The van der Waals surface area contributed by atoms with E-state index in [0.717, 1.165) is 0 Å². The number of carbonyl (C=O) groups excluding carboxylic acids is 1. The molecule has 0 spiro atoms. The summed E-state index contributed by atoms with van der Waals surface area (Å²) in [5.41, 5.74) is 0. The van der Waals surface area contributed by atoms with Crippen LogP contribution in [-0.4, -0.2) is 35.6 Å². The van der Waals surface area contributed by atoms with Crippen LogP contribution in [0.1, 0.15) is 20.3 Å². The molecule has 0 rings (SSSR count). The molecule has 0 atom stereocenters. The van der Waals surface area contributed by atoms with E-state index in [-0.39, 0.29) is 12.5 Å². The van der Waals surface area contributed by atoms with E-state index in [9.17, 15) is 4.79 Å². The normalized spacial score (nSPS) is 8.58. The first-order chi connectivity index (χ1) is 5.76. The molecule has 0 radical (unpaired) electrons. The topological polar surface area (TPSA) is 40.5 Å². The van der Waals surface area contributed by atoms with E-state index in [1.807, 2.05) is 6.92 Å². The fourth-order valence-corrected chi connectivity index (χ4v) is 0.851. The van der Waals surface area contributed by atoms with Crippen molar-refractivity contribution >= 4 is 5.91 Å². The minimum atomic E-state index is -0.159. The minimum absolute atomic E-state index is 0.114. The highest BCUT2D eigenvalue weighted by Gasteiger charge is 2.06. The Morgan fingerprint density at radius 1 is 1.58 bits per heavy atom. The number of rotatable bonds is 4. The largest absolute Gasteiger partial charge is 0.396 e. The molecule has 0 fully saturated rings. The van der Waals surface area contributed by atoms with Gasteiger partial charge in [0, 0.05) is 19.7 Å². The molecule has 0 heterocycles. The lowest BCUT2D eigenvalue weighted by Crippen LogP contribution is -2.30. The summed E-state index contributed by atoms with van der Waals surface area (Å²) in [7, 11) is 0. The van der Waals surface area contributed by atoms with Gasteiger partial charge in [-0.3, -0.25) is 4.79 Å². The standard InChI is InChI=1S/C9H15NO2/c1-3-6-9(12)10(4-2)7-5-8-11/h11H,4-5,7-8H2,1-2H3. The lowest BCUT2D eigenvalue weighted by molar-refractivity contribution is -0.125. The maximum absolute atomic E-state index is 11.2. The summed E-state index contributed by atoms with van der Waals surface area (Å²) in [5, 5.41) is 8.55. The average molecular weight is 169 g/mol. The first-order valence-corrected chi connectivity index (χ1v) is 4.08. The van der Waals surface area contributed by atoms with Crippen LogP contribution >= 0.6 is 0 Å². The van der Waals surface area contributed by atoms with Crippen LogP contribution in [0.5, 0.6) is 0 Å². The van der Waals surface area contributed by atoms with Crippen molar-refractivity contribution in [3.05, 3.63) is 0 Å². The zero-order chi connectivity index (χ0) is 9.40. The van der Waals surface area contributed by atoms with E-state index in [0.29, 0.717) is 19.5 Å². The van der Waals surface area contributed by atoms with Crippen LogP contribution in [0, 0.1) is 11.8 Å². The molecule has 12 heavy (non-hydrogen) atoms. The van der Waals surface area contributed by atoms with Gasteiger partial charge in [-0.15, -0.1) is 0 Å². The molecule has 0 aromatic carbocycles. The van der Waals surface area contributed by atoms with Gasteiger partial charge in [-0.25, -0.2) is 0 Å².